The number of furan rings is 1. The van der Waals surface area contributed by atoms with Crippen LogP contribution >= 0.6 is 0 Å². The molecule has 1 aromatic carbocycles. The van der Waals surface area contributed by atoms with Crippen molar-refractivity contribution in [3.8, 4) is 11.3 Å². The predicted molar refractivity (Wildman–Crippen MR) is 66.5 cm³/mol. The van der Waals surface area contributed by atoms with Gasteiger partial charge >= 0.3 is 6.18 Å². The Hall–Kier alpha value is -2.04. The molecule has 1 aromatic heterocycles. The summed E-state index contributed by atoms with van der Waals surface area (Å²) in [7, 11) is 0. The van der Waals surface area contributed by atoms with Gasteiger partial charge in [-0.2, -0.15) is 13.2 Å². The van der Waals surface area contributed by atoms with Crippen LogP contribution in [-0.4, -0.2) is 12.5 Å². The molecule has 0 aliphatic heterocycles. The van der Waals surface area contributed by atoms with Gasteiger partial charge < -0.3 is 4.42 Å². The van der Waals surface area contributed by atoms with Crippen LogP contribution in [0.4, 0.5) is 13.2 Å². The first kappa shape index (κ1) is 13.0. The van der Waals surface area contributed by atoms with Crippen LogP contribution in [0.5, 0.6) is 0 Å². The zero-order valence-electron chi connectivity index (χ0n) is 10.4. The Bertz CT molecular complexity index is 634. The highest BCUT2D eigenvalue weighted by Gasteiger charge is 2.64. The van der Waals surface area contributed by atoms with E-state index >= 15 is 0 Å². The molecule has 3 rings (SSSR count). The van der Waals surface area contributed by atoms with Crippen molar-refractivity contribution in [3.63, 3.8) is 0 Å². The maximum absolute atomic E-state index is 13.0. The summed E-state index contributed by atoms with van der Waals surface area (Å²) in [5.41, 5.74) is -0.724. The lowest BCUT2D eigenvalue weighted by Crippen LogP contribution is -2.28. The Kier molecular flexibility index (Phi) is 2.74. The Labute approximate surface area is 113 Å². The lowest BCUT2D eigenvalue weighted by atomic mass is 9.94. The average molecular weight is 280 g/mol. The monoisotopic (exact) mass is 280 g/mol. The smallest absolute Gasteiger partial charge is 0.398 e. The highest BCUT2D eigenvalue weighted by molar-refractivity contribution is 5.72. The predicted octanol–water partition coefficient (Wildman–Crippen LogP) is 4.35. The van der Waals surface area contributed by atoms with Gasteiger partial charge in [-0.05, 0) is 30.5 Å². The van der Waals surface area contributed by atoms with Crippen LogP contribution in [0.15, 0.2) is 40.8 Å². The largest absolute Gasteiger partial charge is 0.453 e. The minimum atomic E-state index is -4.20. The molecule has 104 valence electrons. The summed E-state index contributed by atoms with van der Waals surface area (Å²) in [6.07, 6.45) is -3.33. The number of carbonyl (C=O) groups is 1. The second-order valence-corrected chi connectivity index (χ2v) is 4.98. The molecule has 2 aromatic rings. The van der Waals surface area contributed by atoms with Crippen LogP contribution in [0.2, 0.25) is 0 Å². The number of alkyl halides is 3. The summed E-state index contributed by atoms with van der Waals surface area (Å²) >= 11 is 0. The Morgan fingerprint density at radius 3 is 2.15 bits per heavy atom. The van der Waals surface area contributed by atoms with E-state index in [4.69, 9.17) is 4.42 Å². The highest BCUT2D eigenvalue weighted by Crippen LogP contribution is 2.58. The third-order valence-electron chi connectivity index (χ3n) is 3.76. The first-order valence-corrected chi connectivity index (χ1v) is 6.19. The summed E-state index contributed by atoms with van der Waals surface area (Å²) in [6, 6.07) is 9.30. The van der Waals surface area contributed by atoms with Gasteiger partial charge in [0.1, 0.15) is 5.76 Å². The Morgan fingerprint density at radius 1 is 1.05 bits per heavy atom. The fraction of sp³-hybridized carbons (Fsp3) is 0.267. The third kappa shape index (κ3) is 1.94. The summed E-state index contributed by atoms with van der Waals surface area (Å²) < 4.78 is 44.2. The molecule has 0 spiro atoms. The van der Waals surface area contributed by atoms with Crippen molar-refractivity contribution in [1.29, 1.82) is 0 Å². The molecule has 1 heterocycles. The molecule has 20 heavy (non-hydrogen) atoms. The van der Waals surface area contributed by atoms with E-state index in [0.717, 1.165) is 0 Å². The fourth-order valence-electron chi connectivity index (χ4n) is 2.39. The number of aldehydes is 1. The zero-order valence-corrected chi connectivity index (χ0v) is 10.4. The molecule has 0 atom stereocenters. The first-order chi connectivity index (χ1) is 9.46. The van der Waals surface area contributed by atoms with Crippen molar-refractivity contribution in [3.05, 3.63) is 47.7 Å². The van der Waals surface area contributed by atoms with E-state index in [2.05, 4.69) is 0 Å². The maximum atomic E-state index is 13.0. The first-order valence-electron chi connectivity index (χ1n) is 6.19. The van der Waals surface area contributed by atoms with Crippen LogP contribution in [0.3, 0.4) is 0 Å². The van der Waals surface area contributed by atoms with Crippen molar-refractivity contribution in [2.45, 2.75) is 24.4 Å². The molecular formula is C15H11F3O2. The SMILES string of the molecule is O=Cc1ccc(-c2ccc(C3(C(F)(F)F)CC3)cc2)o1. The van der Waals surface area contributed by atoms with Crippen molar-refractivity contribution in [1.82, 2.24) is 0 Å². The van der Waals surface area contributed by atoms with Crippen molar-refractivity contribution in [2.24, 2.45) is 0 Å². The molecule has 2 nitrogen and oxygen atoms in total. The van der Waals surface area contributed by atoms with Crippen LogP contribution in [0.1, 0.15) is 29.0 Å². The molecule has 1 aliphatic carbocycles. The molecule has 0 radical (unpaired) electrons. The molecule has 1 aliphatic rings. The van der Waals surface area contributed by atoms with Gasteiger partial charge in [0, 0.05) is 5.56 Å². The third-order valence-corrected chi connectivity index (χ3v) is 3.76. The molecule has 0 unspecified atom stereocenters. The van der Waals surface area contributed by atoms with Gasteiger partial charge in [0.2, 0.25) is 0 Å². The molecular weight excluding hydrogens is 269 g/mol. The average Bonchev–Trinajstić information content (AvgIpc) is 3.11. The van der Waals surface area contributed by atoms with Crippen molar-refractivity contribution in [2.75, 3.05) is 0 Å². The number of hydrogen-bond donors (Lipinski definition) is 0. The highest BCUT2D eigenvalue weighted by atomic mass is 19.4. The van der Waals surface area contributed by atoms with Gasteiger partial charge in [0.15, 0.2) is 12.0 Å². The molecule has 0 bridgehead atoms. The summed E-state index contributed by atoms with van der Waals surface area (Å²) in [4.78, 5) is 10.5. The van der Waals surface area contributed by atoms with Gasteiger partial charge in [-0.15, -0.1) is 0 Å². The molecule has 5 heteroatoms. The Morgan fingerprint density at radius 2 is 1.70 bits per heavy atom. The van der Waals surface area contributed by atoms with E-state index < -0.39 is 11.6 Å². The topological polar surface area (TPSA) is 30.2 Å². The van der Waals surface area contributed by atoms with Crippen molar-refractivity contribution < 1.29 is 22.4 Å². The molecule has 1 saturated carbocycles. The number of rotatable bonds is 3. The molecule has 1 fully saturated rings. The van der Waals surface area contributed by atoms with Gasteiger partial charge in [-0.1, -0.05) is 24.3 Å². The molecule has 0 amide bonds. The molecule has 0 saturated heterocycles. The normalized spacial score (nSPS) is 16.9. The minimum absolute atomic E-state index is 0.145. The molecule has 0 N–H and O–H groups in total. The number of hydrogen-bond acceptors (Lipinski definition) is 2. The van der Waals surface area contributed by atoms with E-state index in [1.807, 2.05) is 0 Å². The van der Waals surface area contributed by atoms with Crippen LogP contribution in [0.25, 0.3) is 11.3 Å². The summed E-state index contributed by atoms with van der Waals surface area (Å²) in [5.74, 6) is 0.661. The van der Waals surface area contributed by atoms with Crippen LogP contribution in [-0.2, 0) is 5.41 Å². The quantitative estimate of drug-likeness (QED) is 0.782. The maximum Gasteiger partial charge on any atom is 0.398 e. The second-order valence-electron chi connectivity index (χ2n) is 4.98. The number of halogens is 3. The number of benzene rings is 1. The second kappa shape index (κ2) is 4.23. The summed E-state index contributed by atoms with van der Waals surface area (Å²) in [5, 5.41) is 0. The fourth-order valence-corrected chi connectivity index (χ4v) is 2.39. The van der Waals surface area contributed by atoms with E-state index in [9.17, 15) is 18.0 Å². The standard InChI is InChI=1S/C15H11F3O2/c16-15(17,18)14(7-8-14)11-3-1-10(2-4-11)13-6-5-12(9-19)20-13/h1-6,9H,7-8H2. The lowest BCUT2D eigenvalue weighted by molar-refractivity contribution is -0.160. The van der Waals surface area contributed by atoms with Gasteiger partial charge in [-0.3, -0.25) is 4.79 Å². The summed E-state index contributed by atoms with van der Waals surface area (Å²) in [6.45, 7) is 0. The Balaban J connectivity index is 1.90. The minimum Gasteiger partial charge on any atom is -0.453 e. The van der Waals surface area contributed by atoms with Crippen molar-refractivity contribution >= 4 is 6.29 Å². The van der Waals surface area contributed by atoms with Gasteiger partial charge in [-0.25, -0.2) is 0 Å². The van der Waals surface area contributed by atoms with Crippen LogP contribution < -0.4 is 0 Å². The number of carbonyl (C=O) groups excluding carboxylic acids is 1. The lowest BCUT2D eigenvalue weighted by Gasteiger charge is -2.19. The van der Waals surface area contributed by atoms with Crippen LogP contribution in [0, 0.1) is 0 Å². The van der Waals surface area contributed by atoms with Gasteiger partial charge in [0.25, 0.3) is 0 Å². The van der Waals surface area contributed by atoms with E-state index in [0.29, 0.717) is 17.6 Å². The van der Waals surface area contributed by atoms with E-state index in [-0.39, 0.29) is 24.2 Å². The zero-order chi connectivity index (χ0) is 14.4. The van der Waals surface area contributed by atoms with Gasteiger partial charge in [0.05, 0.1) is 5.41 Å². The van der Waals surface area contributed by atoms with E-state index in [1.165, 1.54) is 18.2 Å². The van der Waals surface area contributed by atoms with E-state index in [1.54, 1.807) is 18.2 Å².